The summed E-state index contributed by atoms with van der Waals surface area (Å²) in [5.74, 6) is -0.281. The van der Waals surface area contributed by atoms with Crippen molar-refractivity contribution in [3.8, 4) is 5.69 Å². The highest BCUT2D eigenvalue weighted by Gasteiger charge is 2.19. The maximum atomic E-state index is 14.3. The second kappa shape index (κ2) is 10.1. The number of urea groups is 1. The minimum absolute atomic E-state index is 0.107. The van der Waals surface area contributed by atoms with E-state index >= 15 is 0 Å². The first-order valence-electron chi connectivity index (χ1n) is 10.7. The van der Waals surface area contributed by atoms with Crippen LogP contribution in [-0.2, 0) is 24.3 Å². The van der Waals surface area contributed by atoms with Crippen molar-refractivity contribution in [1.82, 2.24) is 25.1 Å². The predicted molar refractivity (Wildman–Crippen MR) is 119 cm³/mol. The van der Waals surface area contributed by atoms with E-state index in [9.17, 15) is 14.0 Å². The number of imidazole rings is 1. The lowest BCUT2D eigenvalue weighted by atomic mass is 9.99. The normalized spacial score (nSPS) is 12.8. The number of rotatable bonds is 7. The molecule has 0 fully saturated rings. The molecule has 1 aliphatic heterocycles. The molecule has 1 aliphatic rings. The zero-order valence-corrected chi connectivity index (χ0v) is 17.8. The summed E-state index contributed by atoms with van der Waals surface area (Å²) in [7, 11) is 0. The molecule has 0 radical (unpaired) electrons. The first kappa shape index (κ1) is 21.5. The third kappa shape index (κ3) is 5.32. The van der Waals surface area contributed by atoms with Gasteiger partial charge in [0, 0.05) is 45.0 Å². The summed E-state index contributed by atoms with van der Waals surface area (Å²) in [5.41, 5.74) is 3.57. The summed E-state index contributed by atoms with van der Waals surface area (Å²) in [6.45, 7) is 1.99. The van der Waals surface area contributed by atoms with Gasteiger partial charge in [-0.2, -0.15) is 0 Å². The molecule has 0 aliphatic carbocycles. The zero-order valence-electron chi connectivity index (χ0n) is 17.8. The van der Waals surface area contributed by atoms with Crippen molar-refractivity contribution in [3.05, 3.63) is 83.7 Å². The van der Waals surface area contributed by atoms with Crippen molar-refractivity contribution in [1.29, 1.82) is 0 Å². The van der Waals surface area contributed by atoms with Gasteiger partial charge in [-0.3, -0.25) is 4.79 Å². The van der Waals surface area contributed by atoms with Crippen LogP contribution in [-0.4, -0.2) is 39.5 Å². The molecule has 4 rings (SSSR count). The Balaban J connectivity index is 1.15. The van der Waals surface area contributed by atoms with Crippen LogP contribution in [0.25, 0.3) is 5.69 Å². The second-order valence-electron chi connectivity index (χ2n) is 7.80. The van der Waals surface area contributed by atoms with Gasteiger partial charge in [0.15, 0.2) is 0 Å². The Labute approximate surface area is 186 Å². The largest absolute Gasteiger partial charge is 0.338 e. The van der Waals surface area contributed by atoms with Gasteiger partial charge in [0.2, 0.25) is 5.91 Å². The summed E-state index contributed by atoms with van der Waals surface area (Å²) in [6, 6.07) is 12.7. The van der Waals surface area contributed by atoms with Gasteiger partial charge >= 0.3 is 6.03 Å². The molecule has 3 aromatic rings. The Morgan fingerprint density at radius 2 is 1.94 bits per heavy atom. The maximum absolute atomic E-state index is 14.3. The minimum atomic E-state index is -0.387. The molecule has 166 valence electrons. The summed E-state index contributed by atoms with van der Waals surface area (Å²) in [5, 5.41) is 5.46. The zero-order chi connectivity index (χ0) is 22.3. The van der Waals surface area contributed by atoms with Crippen LogP contribution in [0.15, 0.2) is 61.2 Å². The van der Waals surface area contributed by atoms with E-state index in [1.54, 1.807) is 29.1 Å². The van der Waals surface area contributed by atoms with Gasteiger partial charge in [0.25, 0.3) is 0 Å². The molecule has 3 amide bonds. The van der Waals surface area contributed by atoms with Crippen molar-refractivity contribution in [2.24, 2.45) is 0 Å². The Bertz CT molecular complexity index is 1080. The van der Waals surface area contributed by atoms with E-state index in [0.717, 1.165) is 13.0 Å². The van der Waals surface area contributed by atoms with Crippen LogP contribution >= 0.6 is 0 Å². The van der Waals surface area contributed by atoms with Gasteiger partial charge < -0.3 is 20.1 Å². The van der Waals surface area contributed by atoms with E-state index in [-0.39, 0.29) is 24.3 Å². The highest BCUT2D eigenvalue weighted by atomic mass is 19.1. The number of aromatic nitrogens is 2. The van der Waals surface area contributed by atoms with Gasteiger partial charge in [-0.25, -0.2) is 14.2 Å². The third-order valence-electron chi connectivity index (χ3n) is 5.58. The Morgan fingerprint density at radius 1 is 1.09 bits per heavy atom. The Kier molecular flexibility index (Phi) is 6.79. The number of hydrogen-bond acceptors (Lipinski definition) is 3. The molecule has 0 saturated heterocycles. The molecule has 0 atom stereocenters. The first-order valence-corrected chi connectivity index (χ1v) is 10.7. The van der Waals surface area contributed by atoms with Crippen LogP contribution in [0, 0.1) is 5.82 Å². The fraction of sp³-hybridized carbons (Fsp3) is 0.292. The van der Waals surface area contributed by atoms with Crippen LogP contribution in [0.2, 0.25) is 0 Å². The van der Waals surface area contributed by atoms with Crippen LogP contribution in [0.5, 0.6) is 0 Å². The van der Waals surface area contributed by atoms with Crippen molar-refractivity contribution in [2.75, 3.05) is 13.1 Å². The number of halogens is 1. The van der Waals surface area contributed by atoms with Gasteiger partial charge in [0.1, 0.15) is 5.82 Å². The Morgan fingerprint density at radius 3 is 2.72 bits per heavy atom. The molecule has 2 heterocycles. The third-order valence-corrected chi connectivity index (χ3v) is 5.58. The molecular weight excluding hydrogens is 409 g/mol. The van der Waals surface area contributed by atoms with Crippen molar-refractivity contribution >= 4 is 11.9 Å². The van der Waals surface area contributed by atoms with E-state index < -0.39 is 0 Å². The van der Waals surface area contributed by atoms with Crippen LogP contribution < -0.4 is 10.6 Å². The molecule has 0 unspecified atom stereocenters. The highest BCUT2D eigenvalue weighted by Crippen LogP contribution is 2.19. The highest BCUT2D eigenvalue weighted by molar-refractivity contribution is 5.77. The number of fused-ring (bicyclic) bond motifs is 1. The summed E-state index contributed by atoms with van der Waals surface area (Å²) in [4.78, 5) is 30.3. The lowest BCUT2D eigenvalue weighted by Gasteiger charge is -2.29. The topological polar surface area (TPSA) is 79.3 Å². The fourth-order valence-corrected chi connectivity index (χ4v) is 3.82. The lowest BCUT2D eigenvalue weighted by molar-refractivity contribution is -0.132. The minimum Gasteiger partial charge on any atom is -0.338 e. The quantitative estimate of drug-likeness (QED) is 0.560. The van der Waals surface area contributed by atoms with E-state index in [1.807, 2.05) is 17.0 Å². The Hall–Kier alpha value is -3.68. The first-order chi connectivity index (χ1) is 15.6. The monoisotopic (exact) mass is 435 g/mol. The fourth-order valence-electron chi connectivity index (χ4n) is 3.82. The molecule has 8 heteroatoms. The number of amides is 3. The predicted octanol–water partition coefficient (Wildman–Crippen LogP) is 3.18. The maximum Gasteiger partial charge on any atom is 0.315 e. The summed E-state index contributed by atoms with van der Waals surface area (Å²) >= 11 is 0. The van der Waals surface area contributed by atoms with Crippen LogP contribution in [0.1, 0.15) is 29.5 Å². The van der Waals surface area contributed by atoms with E-state index in [4.69, 9.17) is 0 Å². The molecule has 7 nitrogen and oxygen atoms in total. The van der Waals surface area contributed by atoms with Crippen molar-refractivity contribution < 1.29 is 14.0 Å². The van der Waals surface area contributed by atoms with Gasteiger partial charge in [-0.05, 0) is 41.7 Å². The second-order valence-corrected chi connectivity index (χ2v) is 7.80. The van der Waals surface area contributed by atoms with E-state index in [2.05, 4.69) is 27.8 Å². The van der Waals surface area contributed by atoms with E-state index in [1.165, 1.54) is 23.5 Å². The standard InChI is InChI=1S/C24H26FN5O2/c25-21-14-18(7-8-22(21)30-13-11-26-17-30)15-28-24(32)27-10-3-6-23(31)29-12-9-19-4-1-2-5-20(19)16-29/h1-2,4-5,7-8,11,13-14,17H,3,6,9-10,12,15-16H2,(H2,27,28,32). The van der Waals surface area contributed by atoms with E-state index in [0.29, 0.717) is 37.2 Å². The van der Waals surface area contributed by atoms with Gasteiger partial charge in [-0.15, -0.1) is 0 Å². The molecule has 32 heavy (non-hydrogen) atoms. The average molecular weight is 436 g/mol. The van der Waals surface area contributed by atoms with Gasteiger partial charge in [-0.1, -0.05) is 30.3 Å². The SMILES string of the molecule is O=C(NCCCC(=O)N1CCc2ccccc2C1)NCc1ccc(-n2ccnc2)c(F)c1. The van der Waals surface area contributed by atoms with Gasteiger partial charge in [0.05, 0.1) is 12.0 Å². The molecule has 2 aromatic carbocycles. The van der Waals surface area contributed by atoms with Crippen molar-refractivity contribution in [3.63, 3.8) is 0 Å². The number of benzene rings is 2. The number of nitrogens with zero attached hydrogens (tertiary/aromatic N) is 3. The smallest absolute Gasteiger partial charge is 0.315 e. The lowest BCUT2D eigenvalue weighted by Crippen LogP contribution is -2.37. The number of carbonyl (C=O) groups is 2. The molecule has 0 bridgehead atoms. The number of carbonyl (C=O) groups excluding carboxylic acids is 2. The molecular formula is C24H26FN5O2. The number of hydrogen-bond donors (Lipinski definition) is 2. The molecule has 0 spiro atoms. The molecule has 0 saturated carbocycles. The molecule has 1 aromatic heterocycles. The van der Waals surface area contributed by atoms with Crippen LogP contribution in [0.3, 0.4) is 0 Å². The van der Waals surface area contributed by atoms with Crippen molar-refractivity contribution in [2.45, 2.75) is 32.4 Å². The number of nitrogens with one attached hydrogen (secondary N) is 2. The molecule has 2 N–H and O–H groups in total. The van der Waals surface area contributed by atoms with Crippen LogP contribution in [0.4, 0.5) is 9.18 Å². The summed E-state index contributed by atoms with van der Waals surface area (Å²) in [6.07, 6.45) is 6.62. The summed E-state index contributed by atoms with van der Waals surface area (Å²) < 4.78 is 15.9. The average Bonchev–Trinajstić information content (AvgIpc) is 3.34.